The lowest BCUT2D eigenvalue weighted by molar-refractivity contribution is -0.262. The molecule has 0 heterocycles. The number of rotatable bonds is 38. The van der Waals surface area contributed by atoms with E-state index in [1.165, 1.54) is 154 Å². The maximum atomic E-state index is 13.7. The molecule has 8 heteroatoms. The van der Waals surface area contributed by atoms with E-state index in [2.05, 4.69) is 62.5 Å². The first-order valence-corrected chi connectivity index (χ1v) is 30.0. The largest absolute Gasteiger partial charge is 0.445 e. The van der Waals surface area contributed by atoms with Crippen LogP contribution in [0.4, 0.5) is 9.59 Å². The summed E-state index contributed by atoms with van der Waals surface area (Å²) in [5, 5.41) is 12.2. The third-order valence-electron chi connectivity index (χ3n) is 16.0. The minimum absolute atomic E-state index is 0.156. The van der Waals surface area contributed by atoms with Crippen molar-refractivity contribution in [3.63, 3.8) is 0 Å². The molecular formula is C66H104N2O6. The van der Waals surface area contributed by atoms with E-state index in [1.54, 1.807) is 23.9 Å². The van der Waals surface area contributed by atoms with Gasteiger partial charge >= 0.3 is 12.2 Å². The zero-order valence-corrected chi connectivity index (χ0v) is 47.3. The Bertz CT molecular complexity index is 1800. The van der Waals surface area contributed by atoms with Gasteiger partial charge in [0.15, 0.2) is 5.79 Å². The van der Waals surface area contributed by atoms with Gasteiger partial charge < -0.3 is 29.1 Å². The molecule has 0 spiro atoms. The van der Waals surface area contributed by atoms with Crippen molar-refractivity contribution in [1.82, 2.24) is 9.80 Å². The van der Waals surface area contributed by atoms with Gasteiger partial charge in [-0.3, -0.25) is 0 Å². The second-order valence-corrected chi connectivity index (χ2v) is 22.1. The number of carbonyl (C=O) groups excluding carboxylic acids is 2. The first-order chi connectivity index (χ1) is 36.2. The molecule has 0 unspecified atom stereocenters. The van der Waals surface area contributed by atoms with Crippen molar-refractivity contribution in [3.05, 3.63) is 120 Å². The van der Waals surface area contributed by atoms with Crippen LogP contribution in [0.15, 0.2) is 109 Å². The van der Waals surface area contributed by atoms with E-state index in [4.69, 9.17) is 14.2 Å². The van der Waals surface area contributed by atoms with Crippen LogP contribution in [-0.2, 0) is 27.4 Å². The fourth-order valence-electron chi connectivity index (χ4n) is 11.2. The average molecular weight is 1020 g/mol. The van der Waals surface area contributed by atoms with Gasteiger partial charge in [0.05, 0.1) is 18.2 Å². The Morgan fingerprint density at radius 2 is 0.905 bits per heavy atom. The lowest BCUT2D eigenvalue weighted by Gasteiger charge is -2.48. The Kier molecular flexibility index (Phi) is 32.4. The van der Waals surface area contributed by atoms with Crippen LogP contribution in [0.1, 0.15) is 237 Å². The summed E-state index contributed by atoms with van der Waals surface area (Å²) in [5.74, 6) is -1.21. The number of aliphatic hydroxyl groups is 1. The third kappa shape index (κ3) is 26.1. The zero-order chi connectivity index (χ0) is 52.8. The molecule has 8 nitrogen and oxygen atoms in total. The zero-order valence-electron chi connectivity index (χ0n) is 47.3. The maximum absolute atomic E-state index is 13.7. The highest BCUT2D eigenvalue weighted by Gasteiger charge is 2.46. The predicted molar refractivity (Wildman–Crippen MR) is 309 cm³/mol. The minimum Gasteiger partial charge on any atom is -0.445 e. The molecule has 2 aromatic rings. The van der Waals surface area contributed by atoms with E-state index >= 15 is 0 Å². The van der Waals surface area contributed by atoms with Crippen LogP contribution < -0.4 is 0 Å². The third-order valence-corrected chi connectivity index (χ3v) is 16.0. The second kappa shape index (κ2) is 38.4. The molecule has 0 aliphatic heterocycles. The molecule has 2 fully saturated rings. The second-order valence-electron chi connectivity index (χ2n) is 22.1. The van der Waals surface area contributed by atoms with Gasteiger partial charge in [-0.15, -0.1) is 0 Å². The van der Waals surface area contributed by atoms with Gasteiger partial charge in [0.1, 0.15) is 13.2 Å². The normalized spacial score (nSPS) is 18.7. The van der Waals surface area contributed by atoms with Crippen molar-refractivity contribution in [1.29, 1.82) is 0 Å². The van der Waals surface area contributed by atoms with Gasteiger partial charge in [-0.05, 0) is 126 Å². The van der Waals surface area contributed by atoms with Crippen LogP contribution in [0.2, 0.25) is 0 Å². The summed E-state index contributed by atoms with van der Waals surface area (Å²) >= 11 is 0. The van der Waals surface area contributed by atoms with Crippen molar-refractivity contribution in [3.8, 4) is 0 Å². The highest BCUT2D eigenvalue weighted by atomic mass is 16.6. The minimum atomic E-state index is -1.21. The highest BCUT2D eigenvalue weighted by Crippen LogP contribution is 2.49. The number of likely N-dealkylation sites (N-methyl/N-ethyl adjacent to an activating group) is 2. The summed E-state index contributed by atoms with van der Waals surface area (Å²) in [6.45, 7) is 4.85. The summed E-state index contributed by atoms with van der Waals surface area (Å²) < 4.78 is 18.4. The summed E-state index contributed by atoms with van der Waals surface area (Å²) in [4.78, 5) is 30.5. The summed E-state index contributed by atoms with van der Waals surface area (Å²) in [5.41, 5.74) is 2.06. The van der Waals surface area contributed by atoms with Crippen molar-refractivity contribution >= 4 is 12.2 Å². The lowest BCUT2D eigenvalue weighted by Crippen LogP contribution is -2.57. The number of nitrogens with zero attached hydrogens (tertiary/aromatic N) is 2. The molecule has 0 bridgehead atoms. The Morgan fingerprint density at radius 1 is 0.514 bits per heavy atom. The van der Waals surface area contributed by atoms with Gasteiger partial charge in [-0.2, -0.15) is 0 Å². The molecular weight excluding hydrogens is 917 g/mol. The van der Waals surface area contributed by atoms with Crippen molar-refractivity contribution in [2.75, 3.05) is 14.1 Å². The first-order valence-electron chi connectivity index (χ1n) is 30.0. The number of ether oxygens (including phenoxy) is 3. The number of hydrogen-bond donors (Lipinski definition) is 1. The Balaban J connectivity index is 1.28. The molecule has 0 aromatic heterocycles. The summed E-state index contributed by atoms with van der Waals surface area (Å²) in [7, 11) is 3.51. The van der Waals surface area contributed by atoms with Gasteiger partial charge in [0.25, 0.3) is 0 Å². The van der Waals surface area contributed by atoms with Gasteiger partial charge in [0, 0.05) is 26.9 Å². The first kappa shape index (κ1) is 62.4. The molecule has 0 radical (unpaired) electrons. The van der Waals surface area contributed by atoms with Crippen molar-refractivity contribution < 1.29 is 28.9 Å². The topological polar surface area (TPSA) is 88.5 Å². The Labute approximate surface area is 451 Å². The number of hydrogen-bond acceptors (Lipinski definition) is 6. The van der Waals surface area contributed by atoms with Crippen LogP contribution in [-0.4, -0.2) is 65.2 Å². The quantitative estimate of drug-likeness (QED) is 0.0410. The monoisotopic (exact) mass is 1020 g/mol. The molecule has 2 amide bonds. The van der Waals surface area contributed by atoms with E-state index < -0.39 is 24.0 Å². The van der Waals surface area contributed by atoms with Crippen LogP contribution in [0.5, 0.6) is 0 Å². The van der Waals surface area contributed by atoms with Gasteiger partial charge in [-0.1, -0.05) is 213 Å². The Morgan fingerprint density at radius 3 is 1.34 bits per heavy atom. The smallest absolute Gasteiger partial charge is 0.410 e. The number of allylic oxidation sites excluding steroid dienone is 8. The van der Waals surface area contributed by atoms with Gasteiger partial charge in [0.2, 0.25) is 0 Å². The van der Waals surface area contributed by atoms with E-state index in [9.17, 15) is 14.7 Å². The molecule has 3 atom stereocenters. The fourth-order valence-corrected chi connectivity index (χ4v) is 11.2. The van der Waals surface area contributed by atoms with Crippen LogP contribution in [0.25, 0.3) is 0 Å². The molecule has 74 heavy (non-hydrogen) atoms. The molecule has 414 valence electrons. The highest BCUT2D eigenvalue weighted by molar-refractivity contribution is 5.69. The Hall–Kier alpha value is -4.14. The molecule has 1 N–H and O–H groups in total. The molecule has 2 aromatic carbocycles. The van der Waals surface area contributed by atoms with E-state index in [-0.39, 0.29) is 30.8 Å². The standard InChI is InChI=1S/C66H104N2O6/c1-5-7-9-11-13-15-17-19-21-23-25-27-29-31-33-41-49-65(50-42-34-32-30-28-26-24-22-20-18-16-14-12-10-8-6-2)51-53-66(71,54-52-65)74-60-47-48-61(67(3)63(69)72-56-58-43-37-35-38-44-58)62(55-60)68(4)64(70)73-57-59-45-39-36-40-46-59/h13-16,19-22,35-40,43-46,60-62,71H,5-12,17-18,23-34,41-42,47-57H2,1-4H3/b15-13-,16-14-,21-19-,22-20-/t60-,61+,62-/m1/s1. The summed E-state index contributed by atoms with van der Waals surface area (Å²) in [6.07, 6.45) is 55.3. The number of carbonyl (C=O) groups is 2. The lowest BCUT2D eigenvalue weighted by atomic mass is 9.66. The number of amides is 2. The summed E-state index contributed by atoms with van der Waals surface area (Å²) in [6, 6.07) is 18.6. The van der Waals surface area contributed by atoms with Crippen molar-refractivity contribution in [2.24, 2.45) is 5.41 Å². The van der Waals surface area contributed by atoms with Gasteiger partial charge in [-0.25, -0.2) is 9.59 Å². The van der Waals surface area contributed by atoms with Crippen LogP contribution in [0.3, 0.4) is 0 Å². The van der Waals surface area contributed by atoms with Crippen molar-refractivity contribution in [2.45, 2.75) is 263 Å². The predicted octanol–water partition coefficient (Wildman–Crippen LogP) is 18.5. The van der Waals surface area contributed by atoms with E-state index in [1.807, 2.05) is 60.7 Å². The van der Waals surface area contributed by atoms with E-state index in [0.717, 1.165) is 36.8 Å². The molecule has 2 aliphatic rings. The maximum Gasteiger partial charge on any atom is 0.410 e. The average Bonchev–Trinajstić information content (AvgIpc) is 3.42. The SMILES string of the molecule is CCCCC/C=C\C/C=C\CCCCCCCCC1(CCCCCCCC/C=C\C/C=C\CCCCC)CCC(O)(O[C@@H]2CC[C@H](N(C)C(=O)OCc3ccccc3)[C@H](N(C)C(=O)OCc3ccccc3)C2)CC1. The van der Waals surface area contributed by atoms with E-state index in [0.29, 0.717) is 32.1 Å². The van der Waals surface area contributed by atoms with Crippen LogP contribution in [0, 0.1) is 5.41 Å². The molecule has 4 rings (SSSR count). The molecule has 0 saturated heterocycles. The number of benzene rings is 2. The molecule has 2 saturated carbocycles. The molecule has 2 aliphatic carbocycles. The van der Waals surface area contributed by atoms with Crippen LogP contribution >= 0.6 is 0 Å². The fraction of sp³-hybridized carbons (Fsp3) is 0.667. The number of unbranched alkanes of at least 4 members (excludes halogenated alkanes) is 18.